The maximum atomic E-state index is 10.9. The Morgan fingerprint density at radius 3 is 2.73 bits per heavy atom. The molecule has 4 heteroatoms. The molecule has 1 aromatic heterocycles. The first kappa shape index (κ1) is 10.1. The molecule has 0 amide bonds. The number of aryl methyl sites for hydroxylation is 1. The van der Waals surface area contributed by atoms with Crippen molar-refractivity contribution < 1.29 is 0 Å². The minimum Gasteiger partial charge on any atom is -0.268 e. The lowest BCUT2D eigenvalue weighted by atomic mass is 10.1. The van der Waals surface area contributed by atoms with Crippen molar-refractivity contribution in [2.75, 3.05) is 0 Å². The van der Waals surface area contributed by atoms with Crippen LogP contribution in [-0.4, -0.2) is 10.2 Å². The zero-order valence-corrected chi connectivity index (χ0v) is 9.71. The average Bonchev–Trinajstić information content (AvgIpc) is 2.23. The number of aromatic amines is 1. The summed E-state index contributed by atoms with van der Waals surface area (Å²) in [6.45, 7) is 2.01. The van der Waals surface area contributed by atoms with E-state index in [4.69, 9.17) is 0 Å². The van der Waals surface area contributed by atoms with Crippen LogP contribution in [0.4, 0.5) is 0 Å². The molecule has 0 saturated carbocycles. The van der Waals surface area contributed by atoms with E-state index < -0.39 is 0 Å². The third kappa shape index (κ3) is 2.15. The maximum absolute atomic E-state index is 10.9. The predicted octanol–water partition coefficient (Wildman–Crippen LogP) is 2.51. The van der Waals surface area contributed by atoms with E-state index in [2.05, 4.69) is 26.1 Å². The van der Waals surface area contributed by atoms with Gasteiger partial charge in [-0.15, -0.1) is 0 Å². The van der Waals surface area contributed by atoms with E-state index in [-0.39, 0.29) is 5.56 Å². The van der Waals surface area contributed by atoms with Crippen LogP contribution in [0, 0.1) is 6.92 Å². The lowest BCUT2D eigenvalue weighted by Crippen LogP contribution is -2.05. The Labute approximate surface area is 95.3 Å². The first-order chi connectivity index (χ1) is 7.16. The molecular formula is C11H9BrN2O. The van der Waals surface area contributed by atoms with Gasteiger partial charge in [0.1, 0.15) is 0 Å². The summed E-state index contributed by atoms with van der Waals surface area (Å²) in [5.74, 6) is 0. The molecular weight excluding hydrogens is 256 g/mol. The standard InChI is InChI=1S/C11H9BrN2O/c1-7-2-3-8(12)6-9(7)10-4-5-11(15)14-13-10/h2-6H,1H3,(H,14,15). The molecule has 0 atom stereocenters. The molecule has 0 unspecified atom stereocenters. The van der Waals surface area contributed by atoms with Crippen molar-refractivity contribution in [1.29, 1.82) is 0 Å². The van der Waals surface area contributed by atoms with Gasteiger partial charge in [0.2, 0.25) is 0 Å². The highest BCUT2D eigenvalue weighted by molar-refractivity contribution is 9.10. The fraction of sp³-hybridized carbons (Fsp3) is 0.0909. The number of hydrogen-bond donors (Lipinski definition) is 1. The molecule has 15 heavy (non-hydrogen) atoms. The number of hydrogen-bond acceptors (Lipinski definition) is 2. The van der Waals surface area contributed by atoms with Crippen molar-refractivity contribution in [3.63, 3.8) is 0 Å². The summed E-state index contributed by atoms with van der Waals surface area (Å²) in [6, 6.07) is 9.16. The molecule has 0 spiro atoms. The highest BCUT2D eigenvalue weighted by atomic mass is 79.9. The van der Waals surface area contributed by atoms with Crippen LogP contribution in [0.25, 0.3) is 11.3 Å². The van der Waals surface area contributed by atoms with E-state index in [1.807, 2.05) is 25.1 Å². The quantitative estimate of drug-likeness (QED) is 0.861. The average molecular weight is 265 g/mol. The molecule has 0 aliphatic rings. The van der Waals surface area contributed by atoms with E-state index >= 15 is 0 Å². The van der Waals surface area contributed by atoms with Crippen molar-refractivity contribution in [3.8, 4) is 11.3 Å². The van der Waals surface area contributed by atoms with Crippen LogP contribution in [0.5, 0.6) is 0 Å². The summed E-state index contributed by atoms with van der Waals surface area (Å²) in [4.78, 5) is 10.9. The number of benzene rings is 1. The van der Waals surface area contributed by atoms with E-state index in [0.717, 1.165) is 21.3 Å². The largest absolute Gasteiger partial charge is 0.268 e. The van der Waals surface area contributed by atoms with Crippen LogP contribution < -0.4 is 5.56 Å². The number of nitrogens with one attached hydrogen (secondary N) is 1. The van der Waals surface area contributed by atoms with Crippen LogP contribution in [0.15, 0.2) is 39.6 Å². The van der Waals surface area contributed by atoms with Gasteiger partial charge in [0, 0.05) is 16.1 Å². The summed E-state index contributed by atoms with van der Waals surface area (Å²) in [5, 5.41) is 6.42. The fourth-order valence-electron chi connectivity index (χ4n) is 1.36. The molecule has 1 heterocycles. The third-order valence-electron chi connectivity index (χ3n) is 2.15. The first-order valence-electron chi connectivity index (χ1n) is 4.49. The minimum absolute atomic E-state index is 0.189. The van der Waals surface area contributed by atoms with Crippen LogP contribution in [0.1, 0.15) is 5.56 Å². The monoisotopic (exact) mass is 264 g/mol. The number of H-pyrrole nitrogens is 1. The summed E-state index contributed by atoms with van der Waals surface area (Å²) in [6.07, 6.45) is 0. The molecule has 1 N–H and O–H groups in total. The first-order valence-corrected chi connectivity index (χ1v) is 5.28. The van der Waals surface area contributed by atoms with Gasteiger partial charge in [-0.2, -0.15) is 5.10 Å². The molecule has 0 fully saturated rings. The summed E-state index contributed by atoms with van der Waals surface area (Å²) in [7, 11) is 0. The molecule has 2 aromatic rings. The SMILES string of the molecule is Cc1ccc(Br)cc1-c1ccc(=O)[nH]n1. The normalized spacial score (nSPS) is 10.3. The zero-order chi connectivity index (χ0) is 10.8. The Bertz CT molecular complexity index is 528. The summed E-state index contributed by atoms with van der Waals surface area (Å²) in [5.41, 5.74) is 2.72. The number of aromatic nitrogens is 2. The van der Waals surface area contributed by atoms with Gasteiger partial charge in [-0.05, 0) is 30.7 Å². The fourth-order valence-corrected chi connectivity index (χ4v) is 1.73. The Hall–Kier alpha value is -1.42. The second-order valence-corrected chi connectivity index (χ2v) is 4.18. The smallest absolute Gasteiger partial charge is 0.264 e. The van der Waals surface area contributed by atoms with E-state index in [9.17, 15) is 4.79 Å². The van der Waals surface area contributed by atoms with Crippen molar-refractivity contribution in [2.45, 2.75) is 6.92 Å². The minimum atomic E-state index is -0.189. The van der Waals surface area contributed by atoms with Crippen molar-refractivity contribution in [1.82, 2.24) is 10.2 Å². The van der Waals surface area contributed by atoms with Crippen molar-refractivity contribution in [2.24, 2.45) is 0 Å². The molecule has 3 nitrogen and oxygen atoms in total. The lowest BCUT2D eigenvalue weighted by Gasteiger charge is -2.04. The van der Waals surface area contributed by atoms with E-state index in [0.29, 0.717) is 0 Å². The van der Waals surface area contributed by atoms with Gasteiger partial charge in [-0.1, -0.05) is 22.0 Å². The van der Waals surface area contributed by atoms with E-state index in [1.54, 1.807) is 6.07 Å². The van der Waals surface area contributed by atoms with E-state index in [1.165, 1.54) is 6.07 Å². The van der Waals surface area contributed by atoms with Crippen molar-refractivity contribution >= 4 is 15.9 Å². The summed E-state index contributed by atoms with van der Waals surface area (Å²) < 4.78 is 0.996. The highest BCUT2D eigenvalue weighted by Gasteiger charge is 2.03. The van der Waals surface area contributed by atoms with Crippen LogP contribution in [-0.2, 0) is 0 Å². The highest BCUT2D eigenvalue weighted by Crippen LogP contribution is 2.24. The van der Waals surface area contributed by atoms with Crippen LogP contribution in [0.3, 0.4) is 0 Å². The second kappa shape index (κ2) is 3.98. The van der Waals surface area contributed by atoms with Gasteiger partial charge < -0.3 is 0 Å². The van der Waals surface area contributed by atoms with Gasteiger partial charge in [-0.3, -0.25) is 4.79 Å². The zero-order valence-electron chi connectivity index (χ0n) is 8.12. The van der Waals surface area contributed by atoms with Crippen LogP contribution >= 0.6 is 15.9 Å². The van der Waals surface area contributed by atoms with Gasteiger partial charge >= 0.3 is 0 Å². The van der Waals surface area contributed by atoms with Gasteiger partial charge in [0.15, 0.2) is 0 Å². The molecule has 0 aliphatic carbocycles. The lowest BCUT2D eigenvalue weighted by molar-refractivity contribution is 0.994. The second-order valence-electron chi connectivity index (χ2n) is 3.27. The Kier molecular flexibility index (Phi) is 2.68. The maximum Gasteiger partial charge on any atom is 0.264 e. The van der Waals surface area contributed by atoms with Crippen molar-refractivity contribution in [3.05, 3.63) is 50.7 Å². The van der Waals surface area contributed by atoms with Crippen LogP contribution in [0.2, 0.25) is 0 Å². The van der Waals surface area contributed by atoms with Gasteiger partial charge in [-0.25, -0.2) is 5.10 Å². The number of halogens is 1. The molecule has 0 saturated heterocycles. The third-order valence-corrected chi connectivity index (χ3v) is 2.65. The molecule has 1 aromatic carbocycles. The summed E-state index contributed by atoms with van der Waals surface area (Å²) >= 11 is 3.41. The number of rotatable bonds is 1. The molecule has 0 bridgehead atoms. The topological polar surface area (TPSA) is 45.8 Å². The Balaban J connectivity index is 2.58. The van der Waals surface area contributed by atoms with Gasteiger partial charge in [0.05, 0.1) is 5.69 Å². The molecule has 0 aliphatic heterocycles. The predicted molar refractivity (Wildman–Crippen MR) is 62.7 cm³/mol. The Morgan fingerprint density at radius 2 is 2.07 bits per heavy atom. The van der Waals surface area contributed by atoms with Gasteiger partial charge in [0.25, 0.3) is 5.56 Å². The Morgan fingerprint density at radius 1 is 1.27 bits per heavy atom. The molecule has 76 valence electrons. The number of nitrogens with zero attached hydrogens (tertiary/aromatic N) is 1. The molecule has 0 radical (unpaired) electrons. The molecule has 2 rings (SSSR count).